The van der Waals surface area contributed by atoms with E-state index in [2.05, 4.69) is 22.3 Å². The van der Waals surface area contributed by atoms with Crippen LogP contribution in [0, 0.1) is 0 Å². The Hall–Kier alpha value is -2.37. The SMILES string of the molecule is Nc1ccc(CC(=O)Nc2ccc(CCN3CCOCC3)cc2)cc1. The van der Waals surface area contributed by atoms with Crippen molar-refractivity contribution in [2.75, 3.05) is 43.9 Å². The number of nitrogens with zero attached hydrogens (tertiary/aromatic N) is 1. The number of morpholine rings is 1. The lowest BCUT2D eigenvalue weighted by atomic mass is 10.1. The molecule has 2 aromatic rings. The summed E-state index contributed by atoms with van der Waals surface area (Å²) in [5.41, 5.74) is 9.43. The summed E-state index contributed by atoms with van der Waals surface area (Å²) in [7, 11) is 0. The number of hydrogen-bond acceptors (Lipinski definition) is 4. The van der Waals surface area contributed by atoms with Gasteiger partial charge in [0.05, 0.1) is 19.6 Å². The first-order valence-electron chi connectivity index (χ1n) is 8.72. The van der Waals surface area contributed by atoms with Gasteiger partial charge < -0.3 is 15.8 Å². The van der Waals surface area contributed by atoms with Crippen LogP contribution in [-0.4, -0.2) is 43.7 Å². The topological polar surface area (TPSA) is 67.6 Å². The maximum absolute atomic E-state index is 12.1. The quantitative estimate of drug-likeness (QED) is 0.793. The van der Waals surface area contributed by atoms with Gasteiger partial charge in [0.2, 0.25) is 5.91 Å². The summed E-state index contributed by atoms with van der Waals surface area (Å²) in [6.07, 6.45) is 1.36. The van der Waals surface area contributed by atoms with Crippen molar-refractivity contribution in [3.63, 3.8) is 0 Å². The number of benzene rings is 2. The fraction of sp³-hybridized carbons (Fsp3) is 0.350. The number of nitrogens with one attached hydrogen (secondary N) is 1. The number of ether oxygens (including phenoxy) is 1. The second kappa shape index (κ2) is 8.65. The van der Waals surface area contributed by atoms with E-state index in [1.807, 2.05) is 36.4 Å². The maximum atomic E-state index is 12.1. The van der Waals surface area contributed by atoms with Crippen LogP contribution in [0.15, 0.2) is 48.5 Å². The zero-order valence-corrected chi connectivity index (χ0v) is 14.4. The minimum absolute atomic E-state index is 0.0224. The molecule has 132 valence electrons. The van der Waals surface area contributed by atoms with Crippen LogP contribution in [0.1, 0.15) is 11.1 Å². The monoisotopic (exact) mass is 339 g/mol. The van der Waals surface area contributed by atoms with Crippen molar-refractivity contribution in [3.05, 3.63) is 59.7 Å². The van der Waals surface area contributed by atoms with Crippen molar-refractivity contribution in [2.24, 2.45) is 0 Å². The summed E-state index contributed by atoms with van der Waals surface area (Å²) >= 11 is 0. The molecule has 3 N–H and O–H groups in total. The highest BCUT2D eigenvalue weighted by molar-refractivity contribution is 5.92. The molecule has 0 atom stereocenters. The Balaban J connectivity index is 1.46. The van der Waals surface area contributed by atoms with Gasteiger partial charge in [0.25, 0.3) is 0 Å². The lowest BCUT2D eigenvalue weighted by molar-refractivity contribution is -0.115. The van der Waals surface area contributed by atoms with Crippen molar-refractivity contribution in [2.45, 2.75) is 12.8 Å². The van der Waals surface area contributed by atoms with E-state index in [1.54, 1.807) is 0 Å². The van der Waals surface area contributed by atoms with Gasteiger partial charge in [0, 0.05) is 31.0 Å². The normalized spacial score (nSPS) is 15.0. The third kappa shape index (κ3) is 5.59. The molecule has 1 saturated heterocycles. The van der Waals surface area contributed by atoms with Crippen molar-refractivity contribution >= 4 is 17.3 Å². The molecule has 0 spiro atoms. The maximum Gasteiger partial charge on any atom is 0.228 e. The van der Waals surface area contributed by atoms with Crippen LogP contribution >= 0.6 is 0 Å². The van der Waals surface area contributed by atoms with Gasteiger partial charge in [-0.25, -0.2) is 0 Å². The Kier molecular flexibility index (Phi) is 6.04. The molecule has 2 aromatic carbocycles. The van der Waals surface area contributed by atoms with Gasteiger partial charge in [-0.3, -0.25) is 9.69 Å². The minimum Gasteiger partial charge on any atom is -0.399 e. The van der Waals surface area contributed by atoms with Crippen molar-refractivity contribution in [3.8, 4) is 0 Å². The first-order chi connectivity index (χ1) is 12.2. The number of carbonyl (C=O) groups excluding carboxylic acids is 1. The third-order valence-corrected chi connectivity index (χ3v) is 4.40. The molecule has 0 saturated carbocycles. The molecule has 1 aliphatic rings. The first-order valence-corrected chi connectivity index (χ1v) is 8.72. The summed E-state index contributed by atoms with van der Waals surface area (Å²) in [6, 6.07) is 15.5. The molecule has 0 bridgehead atoms. The van der Waals surface area contributed by atoms with E-state index in [0.717, 1.165) is 50.5 Å². The number of nitrogens with two attached hydrogens (primary N) is 1. The predicted octanol–water partition coefficient (Wildman–Crippen LogP) is 2.32. The number of amides is 1. The molecule has 25 heavy (non-hydrogen) atoms. The average molecular weight is 339 g/mol. The van der Waals surface area contributed by atoms with Gasteiger partial charge in [-0.05, 0) is 41.8 Å². The second-order valence-electron chi connectivity index (χ2n) is 6.37. The van der Waals surface area contributed by atoms with E-state index < -0.39 is 0 Å². The first kappa shape index (κ1) is 17.5. The van der Waals surface area contributed by atoms with E-state index in [0.29, 0.717) is 12.1 Å². The molecule has 1 amide bonds. The Labute approximate surface area is 148 Å². The molecule has 0 radical (unpaired) electrons. The fourth-order valence-corrected chi connectivity index (χ4v) is 2.89. The molecule has 1 heterocycles. The molecular weight excluding hydrogens is 314 g/mol. The zero-order valence-electron chi connectivity index (χ0n) is 14.4. The summed E-state index contributed by atoms with van der Waals surface area (Å²) in [5, 5.41) is 2.94. The smallest absolute Gasteiger partial charge is 0.228 e. The van der Waals surface area contributed by atoms with E-state index in [1.165, 1.54) is 5.56 Å². The van der Waals surface area contributed by atoms with Gasteiger partial charge in [-0.2, -0.15) is 0 Å². The fourth-order valence-electron chi connectivity index (χ4n) is 2.89. The molecular formula is C20H25N3O2. The van der Waals surface area contributed by atoms with Crippen molar-refractivity contribution < 1.29 is 9.53 Å². The highest BCUT2D eigenvalue weighted by Gasteiger charge is 2.10. The van der Waals surface area contributed by atoms with Gasteiger partial charge in [0.15, 0.2) is 0 Å². The second-order valence-corrected chi connectivity index (χ2v) is 6.37. The highest BCUT2D eigenvalue weighted by atomic mass is 16.5. The molecule has 0 aromatic heterocycles. The summed E-state index contributed by atoms with van der Waals surface area (Å²) < 4.78 is 5.36. The molecule has 0 aliphatic carbocycles. The van der Waals surface area contributed by atoms with Gasteiger partial charge >= 0.3 is 0 Å². The molecule has 5 nitrogen and oxygen atoms in total. The molecule has 0 unspecified atom stereocenters. The Morgan fingerprint density at radius 2 is 1.64 bits per heavy atom. The summed E-state index contributed by atoms with van der Waals surface area (Å²) in [6.45, 7) is 4.74. The van der Waals surface area contributed by atoms with Gasteiger partial charge in [0.1, 0.15) is 0 Å². The number of hydrogen-bond donors (Lipinski definition) is 2. The van der Waals surface area contributed by atoms with E-state index in [9.17, 15) is 4.79 Å². The van der Waals surface area contributed by atoms with Crippen LogP contribution in [0.25, 0.3) is 0 Å². The van der Waals surface area contributed by atoms with Gasteiger partial charge in [-0.15, -0.1) is 0 Å². The summed E-state index contributed by atoms with van der Waals surface area (Å²) in [5.74, 6) is -0.0224. The summed E-state index contributed by atoms with van der Waals surface area (Å²) in [4.78, 5) is 14.5. The zero-order chi connectivity index (χ0) is 17.5. The highest BCUT2D eigenvalue weighted by Crippen LogP contribution is 2.12. The molecule has 5 heteroatoms. The van der Waals surface area contributed by atoms with Crippen LogP contribution in [0.2, 0.25) is 0 Å². The van der Waals surface area contributed by atoms with Crippen molar-refractivity contribution in [1.29, 1.82) is 0 Å². The van der Waals surface area contributed by atoms with E-state index >= 15 is 0 Å². The standard InChI is InChI=1S/C20H25N3O2/c21-18-5-1-17(2-6-18)15-20(24)22-19-7-3-16(4-8-19)9-10-23-11-13-25-14-12-23/h1-8H,9-15,21H2,(H,22,24). The largest absolute Gasteiger partial charge is 0.399 e. The van der Waals surface area contributed by atoms with Crippen LogP contribution in [0.3, 0.4) is 0 Å². The van der Waals surface area contributed by atoms with Gasteiger partial charge in [-0.1, -0.05) is 24.3 Å². The molecule has 3 rings (SSSR count). The minimum atomic E-state index is -0.0224. The Morgan fingerprint density at radius 1 is 1.00 bits per heavy atom. The van der Waals surface area contributed by atoms with E-state index in [-0.39, 0.29) is 5.91 Å². The Bertz CT molecular complexity index is 677. The average Bonchev–Trinajstić information content (AvgIpc) is 2.64. The van der Waals surface area contributed by atoms with Crippen molar-refractivity contribution in [1.82, 2.24) is 4.90 Å². The number of carbonyl (C=O) groups is 1. The molecule has 1 fully saturated rings. The number of rotatable bonds is 6. The number of anilines is 2. The predicted molar refractivity (Wildman–Crippen MR) is 101 cm³/mol. The third-order valence-electron chi connectivity index (χ3n) is 4.40. The van der Waals surface area contributed by atoms with Crippen LogP contribution in [0.4, 0.5) is 11.4 Å². The lowest BCUT2D eigenvalue weighted by Gasteiger charge is -2.26. The van der Waals surface area contributed by atoms with Crippen LogP contribution in [0.5, 0.6) is 0 Å². The van der Waals surface area contributed by atoms with Crippen LogP contribution in [-0.2, 0) is 22.4 Å². The number of nitrogen functional groups attached to an aromatic ring is 1. The Morgan fingerprint density at radius 3 is 2.32 bits per heavy atom. The van der Waals surface area contributed by atoms with Crippen LogP contribution < -0.4 is 11.1 Å². The lowest BCUT2D eigenvalue weighted by Crippen LogP contribution is -2.37. The van der Waals surface area contributed by atoms with E-state index in [4.69, 9.17) is 10.5 Å². The molecule has 1 aliphatic heterocycles.